The second kappa shape index (κ2) is 4.33. The number of carbonyl (C=O) groups is 1. The first-order chi connectivity index (χ1) is 8.75. The van der Waals surface area contributed by atoms with Gasteiger partial charge in [0.05, 0.1) is 18.5 Å². The molecule has 2 aromatic heterocycles. The SMILES string of the molecule is CC(C1CC1)n1nccc1NC(=O)c1ccco1. The molecule has 3 rings (SSSR count). The fourth-order valence-corrected chi connectivity index (χ4v) is 2.10. The Morgan fingerprint density at radius 2 is 2.39 bits per heavy atom. The summed E-state index contributed by atoms with van der Waals surface area (Å²) in [6, 6.07) is 5.46. The smallest absolute Gasteiger partial charge is 0.292 e. The maximum absolute atomic E-state index is 11.9. The molecule has 2 heterocycles. The topological polar surface area (TPSA) is 60.1 Å². The highest BCUT2D eigenvalue weighted by atomic mass is 16.3. The predicted molar refractivity (Wildman–Crippen MR) is 66.3 cm³/mol. The molecule has 1 unspecified atom stereocenters. The molecule has 1 atom stereocenters. The summed E-state index contributed by atoms with van der Waals surface area (Å²) >= 11 is 0. The van der Waals surface area contributed by atoms with Crippen molar-refractivity contribution in [1.29, 1.82) is 0 Å². The molecule has 18 heavy (non-hydrogen) atoms. The molecule has 0 aromatic carbocycles. The van der Waals surface area contributed by atoms with Crippen molar-refractivity contribution < 1.29 is 9.21 Å². The molecule has 1 saturated carbocycles. The standard InChI is InChI=1S/C13H15N3O2/c1-9(10-4-5-10)16-12(6-7-14-16)15-13(17)11-3-2-8-18-11/h2-3,6-10H,4-5H2,1H3,(H,15,17). The van der Waals surface area contributed by atoms with Crippen LogP contribution in [0, 0.1) is 5.92 Å². The van der Waals surface area contributed by atoms with Gasteiger partial charge in [0.1, 0.15) is 5.82 Å². The Bertz CT molecular complexity index is 540. The van der Waals surface area contributed by atoms with Gasteiger partial charge >= 0.3 is 0 Å². The first-order valence-corrected chi connectivity index (χ1v) is 6.14. The van der Waals surface area contributed by atoms with E-state index in [1.807, 2.05) is 4.68 Å². The van der Waals surface area contributed by atoms with Crippen LogP contribution in [0.25, 0.3) is 0 Å². The Morgan fingerprint density at radius 3 is 3.06 bits per heavy atom. The molecule has 0 aliphatic heterocycles. The number of nitrogens with one attached hydrogen (secondary N) is 1. The molecule has 2 aromatic rings. The van der Waals surface area contributed by atoms with E-state index in [0.29, 0.717) is 17.7 Å². The monoisotopic (exact) mass is 245 g/mol. The first-order valence-electron chi connectivity index (χ1n) is 6.14. The fraction of sp³-hybridized carbons (Fsp3) is 0.385. The zero-order valence-electron chi connectivity index (χ0n) is 10.2. The van der Waals surface area contributed by atoms with Crippen LogP contribution in [0.5, 0.6) is 0 Å². The molecule has 1 amide bonds. The molecule has 5 heteroatoms. The first kappa shape index (κ1) is 11.1. The van der Waals surface area contributed by atoms with Crippen molar-refractivity contribution in [1.82, 2.24) is 9.78 Å². The van der Waals surface area contributed by atoms with Gasteiger partial charge in [-0.05, 0) is 37.8 Å². The Hall–Kier alpha value is -2.04. The molecule has 1 aliphatic carbocycles. The Morgan fingerprint density at radius 1 is 1.56 bits per heavy atom. The van der Waals surface area contributed by atoms with Gasteiger partial charge in [0.15, 0.2) is 5.76 Å². The van der Waals surface area contributed by atoms with Crippen molar-refractivity contribution >= 4 is 11.7 Å². The number of anilines is 1. The third-order valence-electron chi connectivity index (χ3n) is 3.35. The molecule has 94 valence electrons. The van der Waals surface area contributed by atoms with Gasteiger partial charge in [-0.2, -0.15) is 5.10 Å². The van der Waals surface area contributed by atoms with E-state index in [1.54, 1.807) is 24.4 Å². The zero-order chi connectivity index (χ0) is 12.5. The summed E-state index contributed by atoms with van der Waals surface area (Å²) in [5.74, 6) is 1.46. The number of carbonyl (C=O) groups excluding carboxylic acids is 1. The van der Waals surface area contributed by atoms with Crippen molar-refractivity contribution in [2.24, 2.45) is 5.92 Å². The third kappa shape index (κ3) is 2.03. The van der Waals surface area contributed by atoms with Gasteiger partial charge in [0, 0.05) is 6.07 Å². The lowest BCUT2D eigenvalue weighted by Gasteiger charge is -2.14. The van der Waals surface area contributed by atoms with E-state index < -0.39 is 0 Å². The molecular formula is C13H15N3O2. The summed E-state index contributed by atoms with van der Waals surface area (Å²) in [6.07, 6.45) is 5.68. The van der Waals surface area contributed by atoms with Crippen LogP contribution in [0.3, 0.4) is 0 Å². The van der Waals surface area contributed by atoms with Gasteiger partial charge in [-0.3, -0.25) is 4.79 Å². The summed E-state index contributed by atoms with van der Waals surface area (Å²) in [4.78, 5) is 11.9. The molecule has 0 bridgehead atoms. The minimum Gasteiger partial charge on any atom is -0.459 e. The highest BCUT2D eigenvalue weighted by molar-refractivity contribution is 6.01. The lowest BCUT2D eigenvalue weighted by Crippen LogP contribution is -2.18. The summed E-state index contributed by atoms with van der Waals surface area (Å²) < 4.78 is 6.94. The van der Waals surface area contributed by atoms with Crippen molar-refractivity contribution in [3.63, 3.8) is 0 Å². The van der Waals surface area contributed by atoms with Crippen molar-refractivity contribution in [2.75, 3.05) is 5.32 Å². The molecule has 0 saturated heterocycles. The third-order valence-corrected chi connectivity index (χ3v) is 3.35. The second-order valence-corrected chi connectivity index (χ2v) is 4.67. The van der Waals surface area contributed by atoms with Crippen molar-refractivity contribution in [2.45, 2.75) is 25.8 Å². The van der Waals surface area contributed by atoms with Gasteiger partial charge < -0.3 is 9.73 Å². The van der Waals surface area contributed by atoms with E-state index in [-0.39, 0.29) is 5.91 Å². The number of aromatic nitrogens is 2. The Labute approximate surface area is 105 Å². The van der Waals surface area contributed by atoms with Crippen LogP contribution in [-0.2, 0) is 0 Å². The van der Waals surface area contributed by atoms with E-state index in [4.69, 9.17) is 4.42 Å². The number of nitrogens with zero attached hydrogens (tertiary/aromatic N) is 2. The van der Waals surface area contributed by atoms with Gasteiger partial charge in [-0.15, -0.1) is 0 Å². The van der Waals surface area contributed by atoms with E-state index >= 15 is 0 Å². The average molecular weight is 245 g/mol. The van der Waals surface area contributed by atoms with Crippen LogP contribution >= 0.6 is 0 Å². The summed E-state index contributed by atoms with van der Waals surface area (Å²) in [5.41, 5.74) is 0. The number of furan rings is 1. The van der Waals surface area contributed by atoms with Crippen LogP contribution in [-0.4, -0.2) is 15.7 Å². The molecule has 0 radical (unpaired) electrons. The van der Waals surface area contributed by atoms with E-state index in [0.717, 1.165) is 5.82 Å². The van der Waals surface area contributed by atoms with E-state index in [2.05, 4.69) is 17.3 Å². The maximum atomic E-state index is 11.9. The van der Waals surface area contributed by atoms with Crippen LogP contribution in [0.1, 0.15) is 36.4 Å². The second-order valence-electron chi connectivity index (χ2n) is 4.67. The number of amides is 1. The molecule has 0 spiro atoms. The number of rotatable bonds is 4. The maximum Gasteiger partial charge on any atom is 0.292 e. The van der Waals surface area contributed by atoms with Crippen LogP contribution in [0.15, 0.2) is 35.1 Å². The number of hydrogen-bond donors (Lipinski definition) is 1. The van der Waals surface area contributed by atoms with Gasteiger partial charge in [0.25, 0.3) is 5.91 Å². The van der Waals surface area contributed by atoms with Crippen LogP contribution < -0.4 is 5.32 Å². The molecule has 1 fully saturated rings. The lowest BCUT2D eigenvalue weighted by atomic mass is 10.2. The zero-order valence-corrected chi connectivity index (χ0v) is 10.2. The van der Waals surface area contributed by atoms with Gasteiger partial charge in [0.2, 0.25) is 0 Å². The Kier molecular flexibility index (Phi) is 2.66. The normalized spacial score (nSPS) is 16.5. The molecule has 1 N–H and O–H groups in total. The van der Waals surface area contributed by atoms with Crippen LogP contribution in [0.2, 0.25) is 0 Å². The van der Waals surface area contributed by atoms with Crippen LogP contribution in [0.4, 0.5) is 5.82 Å². The molecular weight excluding hydrogens is 230 g/mol. The summed E-state index contributed by atoms with van der Waals surface area (Å²) in [6.45, 7) is 2.13. The van der Waals surface area contributed by atoms with Gasteiger partial charge in [-0.1, -0.05) is 0 Å². The lowest BCUT2D eigenvalue weighted by molar-refractivity contribution is 0.0995. The summed E-state index contributed by atoms with van der Waals surface area (Å²) in [7, 11) is 0. The average Bonchev–Trinajstić information content (AvgIpc) is 2.90. The predicted octanol–water partition coefficient (Wildman–Crippen LogP) is 2.70. The largest absolute Gasteiger partial charge is 0.459 e. The minimum atomic E-state index is -0.246. The highest BCUT2D eigenvalue weighted by Crippen LogP contribution is 2.40. The fourth-order valence-electron chi connectivity index (χ4n) is 2.10. The Balaban J connectivity index is 1.76. The van der Waals surface area contributed by atoms with Gasteiger partial charge in [-0.25, -0.2) is 4.68 Å². The minimum absolute atomic E-state index is 0.246. The molecule has 1 aliphatic rings. The quantitative estimate of drug-likeness (QED) is 0.900. The van der Waals surface area contributed by atoms with Crippen molar-refractivity contribution in [3.05, 3.63) is 36.4 Å². The highest BCUT2D eigenvalue weighted by Gasteiger charge is 2.30. The van der Waals surface area contributed by atoms with E-state index in [9.17, 15) is 4.79 Å². The van der Waals surface area contributed by atoms with E-state index in [1.165, 1.54) is 19.1 Å². The van der Waals surface area contributed by atoms with Crippen molar-refractivity contribution in [3.8, 4) is 0 Å². The number of hydrogen-bond acceptors (Lipinski definition) is 3. The summed E-state index contributed by atoms with van der Waals surface area (Å²) in [5, 5.41) is 7.11. The molecule has 5 nitrogen and oxygen atoms in total.